The molecule has 0 bridgehead atoms. The van der Waals surface area contributed by atoms with Gasteiger partial charge in [-0.25, -0.2) is 0 Å². The Bertz CT molecular complexity index is 454. The summed E-state index contributed by atoms with van der Waals surface area (Å²) in [6.45, 7) is 4.31. The van der Waals surface area contributed by atoms with Crippen LogP contribution in [0.15, 0.2) is 48.1 Å². The number of carbonyl (C=O) groups excluding carboxylic acids is 1. The quantitative estimate of drug-likeness (QED) is 0.686. The first-order chi connectivity index (χ1) is 7.72. The molecule has 2 unspecified atom stereocenters. The molecule has 0 radical (unpaired) electrons. The Hall–Kier alpha value is -1.63. The van der Waals surface area contributed by atoms with Crippen molar-refractivity contribution < 1.29 is 4.79 Å². The molecule has 0 N–H and O–H groups in total. The molecule has 0 heterocycles. The van der Waals surface area contributed by atoms with Gasteiger partial charge in [0.2, 0.25) is 0 Å². The minimum absolute atomic E-state index is 0.325. The number of allylic oxidation sites excluding steroid dienone is 4. The molecule has 1 nitrogen and oxygen atoms in total. The van der Waals surface area contributed by atoms with Gasteiger partial charge in [-0.3, -0.25) is 4.79 Å². The van der Waals surface area contributed by atoms with Gasteiger partial charge in [-0.2, -0.15) is 0 Å². The van der Waals surface area contributed by atoms with E-state index < -0.39 is 0 Å². The lowest BCUT2D eigenvalue weighted by atomic mass is 9.81. The summed E-state index contributed by atoms with van der Waals surface area (Å²) >= 11 is 0. The highest BCUT2D eigenvalue weighted by atomic mass is 16.1. The molecule has 0 amide bonds. The highest BCUT2D eigenvalue weighted by Crippen LogP contribution is 2.33. The second kappa shape index (κ2) is 4.48. The maximum absolute atomic E-state index is 10.8. The van der Waals surface area contributed by atoms with E-state index in [2.05, 4.69) is 44.2 Å². The van der Waals surface area contributed by atoms with E-state index in [1.54, 1.807) is 0 Å². The monoisotopic (exact) mass is 212 g/mol. The lowest BCUT2D eigenvalue weighted by Gasteiger charge is -2.23. The predicted octanol–water partition coefficient (Wildman–Crippen LogP) is 3.41. The molecule has 0 saturated heterocycles. The maximum atomic E-state index is 10.8. The smallest absolute Gasteiger partial charge is 0.149 e. The van der Waals surface area contributed by atoms with Crippen LogP contribution in [0.4, 0.5) is 0 Å². The van der Waals surface area contributed by atoms with E-state index in [1.807, 2.05) is 12.1 Å². The molecule has 82 valence electrons. The first-order valence-electron chi connectivity index (χ1n) is 5.63. The summed E-state index contributed by atoms with van der Waals surface area (Å²) in [6.07, 6.45) is 7.01. The largest absolute Gasteiger partial charge is 0.298 e. The van der Waals surface area contributed by atoms with Crippen molar-refractivity contribution in [2.45, 2.75) is 19.8 Å². The summed E-state index contributed by atoms with van der Waals surface area (Å²) in [6, 6.07) is 8.37. The third kappa shape index (κ3) is 1.99. The molecule has 0 saturated carbocycles. The van der Waals surface area contributed by atoms with Crippen molar-refractivity contribution in [1.29, 1.82) is 0 Å². The number of hydrogen-bond donors (Lipinski definition) is 0. The van der Waals surface area contributed by atoms with Crippen molar-refractivity contribution in [3.63, 3.8) is 0 Å². The molecule has 0 fully saturated rings. The van der Waals surface area contributed by atoms with Crippen molar-refractivity contribution in [3.05, 3.63) is 59.2 Å². The third-order valence-electron chi connectivity index (χ3n) is 3.21. The number of hydrogen-bond acceptors (Lipinski definition) is 1. The van der Waals surface area contributed by atoms with E-state index in [0.29, 0.717) is 11.8 Å². The van der Waals surface area contributed by atoms with E-state index in [4.69, 9.17) is 0 Å². The number of aryl methyl sites for hydroxylation is 1. The van der Waals surface area contributed by atoms with Crippen molar-refractivity contribution in [2.24, 2.45) is 5.92 Å². The van der Waals surface area contributed by atoms with Gasteiger partial charge >= 0.3 is 0 Å². The summed E-state index contributed by atoms with van der Waals surface area (Å²) < 4.78 is 0. The van der Waals surface area contributed by atoms with Crippen LogP contribution >= 0.6 is 0 Å². The number of carbonyl (C=O) groups is 1. The SMILES string of the molecule is Cc1ccccc1C1C=C(C=O)C=CC1C. The fourth-order valence-corrected chi connectivity index (χ4v) is 2.21. The molecule has 0 aromatic heterocycles. The molecule has 1 aromatic rings. The van der Waals surface area contributed by atoms with Gasteiger partial charge in [-0.05, 0) is 24.0 Å². The number of benzene rings is 1. The van der Waals surface area contributed by atoms with E-state index in [-0.39, 0.29) is 0 Å². The molecular weight excluding hydrogens is 196 g/mol. The Morgan fingerprint density at radius 1 is 1.25 bits per heavy atom. The van der Waals surface area contributed by atoms with Gasteiger partial charge in [0, 0.05) is 11.5 Å². The zero-order valence-corrected chi connectivity index (χ0v) is 9.68. The Kier molecular flexibility index (Phi) is 3.04. The van der Waals surface area contributed by atoms with Crippen LogP contribution in [0.3, 0.4) is 0 Å². The minimum atomic E-state index is 0.325. The Labute approximate surface area is 96.5 Å². The fourth-order valence-electron chi connectivity index (χ4n) is 2.21. The molecule has 16 heavy (non-hydrogen) atoms. The molecular formula is C15H16O. The lowest BCUT2D eigenvalue weighted by Crippen LogP contribution is -2.11. The van der Waals surface area contributed by atoms with Crippen LogP contribution in [-0.2, 0) is 4.79 Å². The topological polar surface area (TPSA) is 17.1 Å². The molecule has 2 rings (SSSR count). The second-order valence-electron chi connectivity index (χ2n) is 4.39. The van der Waals surface area contributed by atoms with Crippen molar-refractivity contribution in [1.82, 2.24) is 0 Å². The second-order valence-corrected chi connectivity index (χ2v) is 4.39. The molecule has 1 aliphatic carbocycles. The molecule has 1 aromatic carbocycles. The van der Waals surface area contributed by atoms with Crippen LogP contribution in [0.5, 0.6) is 0 Å². The fraction of sp³-hybridized carbons (Fsp3) is 0.267. The predicted molar refractivity (Wildman–Crippen MR) is 66.4 cm³/mol. The maximum Gasteiger partial charge on any atom is 0.149 e. The minimum Gasteiger partial charge on any atom is -0.298 e. The lowest BCUT2D eigenvalue weighted by molar-refractivity contribution is -0.104. The summed E-state index contributed by atoms with van der Waals surface area (Å²) in [4.78, 5) is 10.8. The van der Waals surface area contributed by atoms with Gasteiger partial charge in [0.05, 0.1) is 0 Å². The molecule has 2 atom stereocenters. The Balaban J connectivity index is 2.41. The zero-order valence-electron chi connectivity index (χ0n) is 9.68. The Morgan fingerprint density at radius 3 is 2.69 bits per heavy atom. The Morgan fingerprint density at radius 2 is 2.00 bits per heavy atom. The average Bonchev–Trinajstić information content (AvgIpc) is 2.31. The van der Waals surface area contributed by atoms with Crippen molar-refractivity contribution in [3.8, 4) is 0 Å². The van der Waals surface area contributed by atoms with E-state index in [1.165, 1.54) is 11.1 Å². The summed E-state index contributed by atoms with van der Waals surface area (Å²) in [5.41, 5.74) is 3.39. The third-order valence-corrected chi connectivity index (χ3v) is 3.21. The van der Waals surface area contributed by atoms with Gasteiger partial charge in [0.25, 0.3) is 0 Å². The molecule has 0 spiro atoms. The zero-order chi connectivity index (χ0) is 11.5. The average molecular weight is 212 g/mol. The highest BCUT2D eigenvalue weighted by Gasteiger charge is 2.19. The summed E-state index contributed by atoms with van der Waals surface area (Å²) in [7, 11) is 0. The van der Waals surface area contributed by atoms with Crippen LogP contribution in [0.2, 0.25) is 0 Å². The van der Waals surface area contributed by atoms with Crippen LogP contribution < -0.4 is 0 Å². The van der Waals surface area contributed by atoms with Gasteiger partial charge in [0.15, 0.2) is 0 Å². The first-order valence-corrected chi connectivity index (χ1v) is 5.63. The van der Waals surface area contributed by atoms with Crippen LogP contribution in [-0.4, -0.2) is 6.29 Å². The van der Waals surface area contributed by atoms with Crippen molar-refractivity contribution >= 4 is 6.29 Å². The summed E-state index contributed by atoms with van der Waals surface area (Å²) in [5.74, 6) is 0.774. The van der Waals surface area contributed by atoms with Gasteiger partial charge < -0.3 is 0 Å². The number of rotatable bonds is 2. The van der Waals surface area contributed by atoms with E-state index >= 15 is 0 Å². The highest BCUT2D eigenvalue weighted by molar-refractivity contribution is 5.78. The standard InChI is InChI=1S/C15H16O/c1-11-5-3-4-6-14(11)15-9-13(10-16)8-7-12(15)2/h3-10,12,15H,1-2H3. The van der Waals surface area contributed by atoms with Crippen LogP contribution in [0, 0.1) is 12.8 Å². The van der Waals surface area contributed by atoms with E-state index in [0.717, 1.165) is 11.9 Å². The van der Waals surface area contributed by atoms with E-state index in [9.17, 15) is 4.79 Å². The summed E-state index contributed by atoms with van der Waals surface area (Å²) in [5, 5.41) is 0. The van der Waals surface area contributed by atoms with Crippen molar-refractivity contribution in [2.75, 3.05) is 0 Å². The normalized spacial score (nSPS) is 24.0. The molecule has 1 aliphatic rings. The van der Waals surface area contributed by atoms with Crippen LogP contribution in [0.1, 0.15) is 24.0 Å². The van der Waals surface area contributed by atoms with Gasteiger partial charge in [-0.15, -0.1) is 0 Å². The van der Waals surface area contributed by atoms with Gasteiger partial charge in [-0.1, -0.05) is 49.4 Å². The molecule has 1 heteroatoms. The van der Waals surface area contributed by atoms with Gasteiger partial charge in [0.1, 0.15) is 6.29 Å². The first kappa shape index (κ1) is 10.9. The molecule has 0 aliphatic heterocycles. The van der Waals surface area contributed by atoms with Crippen LogP contribution in [0.25, 0.3) is 0 Å². The number of aldehydes is 1.